The van der Waals surface area contributed by atoms with Gasteiger partial charge >= 0.3 is 5.69 Å². The molecule has 5 nitrogen and oxygen atoms in total. The lowest BCUT2D eigenvalue weighted by Crippen LogP contribution is -2.23. The zero-order valence-corrected chi connectivity index (χ0v) is 32.2. The number of fused-ring (bicyclic) bond motifs is 6. The lowest BCUT2D eigenvalue weighted by atomic mass is 10.0. The Bertz CT molecular complexity index is 3100. The van der Waals surface area contributed by atoms with Gasteiger partial charge in [0.05, 0.1) is 33.4 Å². The number of hydrogen-bond donors (Lipinski definition) is 0. The van der Waals surface area contributed by atoms with E-state index in [2.05, 4.69) is 179 Å². The molecule has 276 valence electrons. The fourth-order valence-electron chi connectivity index (χ4n) is 8.98. The zero-order chi connectivity index (χ0) is 38.9. The van der Waals surface area contributed by atoms with Crippen LogP contribution in [-0.4, -0.2) is 18.3 Å². The molecule has 0 radical (unpaired) electrons. The second-order valence-electron chi connectivity index (χ2n) is 15.1. The molecule has 0 amide bonds. The van der Waals surface area contributed by atoms with E-state index >= 15 is 0 Å². The van der Waals surface area contributed by atoms with Crippen molar-refractivity contribution in [1.29, 1.82) is 0 Å². The highest BCUT2D eigenvalue weighted by Gasteiger charge is 2.18. The van der Waals surface area contributed by atoms with Crippen molar-refractivity contribution < 1.29 is 0 Å². The molecule has 3 heterocycles. The lowest BCUT2D eigenvalue weighted by molar-refractivity contribution is 0.889. The molecule has 0 aliphatic carbocycles. The van der Waals surface area contributed by atoms with Crippen molar-refractivity contribution >= 4 is 43.6 Å². The van der Waals surface area contributed by atoms with Crippen LogP contribution >= 0.6 is 0 Å². The number of imidazole rings is 1. The van der Waals surface area contributed by atoms with Crippen LogP contribution in [0, 0.1) is 13.8 Å². The first kappa shape index (κ1) is 33.7. The third kappa shape index (κ3) is 5.21. The molecule has 11 aromatic rings. The minimum absolute atomic E-state index is 0.0901. The van der Waals surface area contributed by atoms with Gasteiger partial charge in [-0.25, -0.2) is 4.79 Å². The van der Waals surface area contributed by atoms with E-state index in [1.54, 1.807) is 0 Å². The summed E-state index contributed by atoms with van der Waals surface area (Å²) < 4.78 is 8.32. The maximum absolute atomic E-state index is 14.4. The van der Waals surface area contributed by atoms with E-state index in [0.29, 0.717) is 0 Å². The third-order valence-corrected chi connectivity index (χ3v) is 11.9. The topological polar surface area (TPSA) is 36.8 Å². The lowest BCUT2D eigenvalue weighted by Gasteiger charge is -2.11. The second-order valence-corrected chi connectivity index (χ2v) is 15.1. The van der Waals surface area contributed by atoms with Gasteiger partial charge in [0.25, 0.3) is 0 Å². The molecule has 0 saturated carbocycles. The Morgan fingerprint density at radius 1 is 0.293 bits per heavy atom. The fraction of sp³-hybridized carbons (Fsp3) is 0.0377. The molecule has 0 N–H and O–H groups in total. The predicted molar refractivity (Wildman–Crippen MR) is 240 cm³/mol. The SMILES string of the molecule is Cc1c(C)n(-c2cccc(-c3ccc(-n4c5ccccc5c5ccccc54)cc3)c2)c(=O)n1-c1cccc(-c2ccc(-n3c4ccccc4c4ccccc43)cc2)c1. The van der Waals surface area contributed by atoms with E-state index < -0.39 is 0 Å². The van der Waals surface area contributed by atoms with Crippen LogP contribution < -0.4 is 5.69 Å². The van der Waals surface area contributed by atoms with Gasteiger partial charge in [0.15, 0.2) is 0 Å². The monoisotopic (exact) mass is 746 g/mol. The minimum Gasteiger partial charge on any atom is -0.309 e. The standard InChI is InChI=1S/C53H38N4O/c1-35-36(2)55(44-16-12-14-40(34-44)38-27-31-42(32-28-38)57-51-23-9-5-19-47(51)48-20-6-10-24-52(48)57)53(58)54(35)43-15-11-13-39(33-43)37-25-29-41(30-26-37)56-49-21-7-3-17-45(49)46-18-4-8-22-50(46)56/h3-34H,1-2H3. The molecule has 0 aliphatic rings. The van der Waals surface area contributed by atoms with Gasteiger partial charge in [-0.05, 0) is 109 Å². The molecular weight excluding hydrogens is 709 g/mol. The van der Waals surface area contributed by atoms with Crippen LogP contribution in [0.5, 0.6) is 0 Å². The molecular formula is C53H38N4O. The first-order valence-corrected chi connectivity index (χ1v) is 19.7. The maximum Gasteiger partial charge on any atom is 0.337 e. The second kappa shape index (κ2) is 13.2. The highest BCUT2D eigenvalue weighted by atomic mass is 16.1. The van der Waals surface area contributed by atoms with Crippen LogP contribution in [0.3, 0.4) is 0 Å². The van der Waals surface area contributed by atoms with Crippen molar-refractivity contribution in [3.63, 3.8) is 0 Å². The normalized spacial score (nSPS) is 11.7. The number of rotatable bonds is 6. The van der Waals surface area contributed by atoms with Gasteiger partial charge in [0.1, 0.15) is 0 Å². The summed E-state index contributed by atoms with van der Waals surface area (Å²) in [5.74, 6) is 0. The van der Waals surface area contributed by atoms with Crippen LogP contribution in [0.1, 0.15) is 11.4 Å². The van der Waals surface area contributed by atoms with Crippen molar-refractivity contribution in [3.8, 4) is 45.0 Å². The van der Waals surface area contributed by atoms with E-state index in [0.717, 1.165) is 56.4 Å². The predicted octanol–water partition coefficient (Wildman–Crippen LogP) is 12.8. The molecule has 0 atom stereocenters. The minimum atomic E-state index is -0.0901. The summed E-state index contributed by atoms with van der Waals surface area (Å²) >= 11 is 0. The van der Waals surface area contributed by atoms with E-state index in [4.69, 9.17) is 0 Å². The molecule has 3 aromatic heterocycles. The summed E-state index contributed by atoms with van der Waals surface area (Å²) in [6.45, 7) is 4.05. The van der Waals surface area contributed by atoms with E-state index in [-0.39, 0.29) is 5.69 Å². The Hall–Kier alpha value is -7.63. The average molecular weight is 747 g/mol. The third-order valence-electron chi connectivity index (χ3n) is 11.9. The van der Waals surface area contributed by atoms with Crippen LogP contribution in [0.25, 0.3) is 88.6 Å². The molecule has 11 rings (SSSR count). The summed E-state index contributed by atoms with van der Waals surface area (Å²) in [7, 11) is 0. The Kier molecular flexibility index (Phi) is 7.70. The zero-order valence-electron chi connectivity index (χ0n) is 32.2. The summed E-state index contributed by atoms with van der Waals surface area (Å²) in [6, 6.07) is 68.3. The van der Waals surface area contributed by atoms with Gasteiger partial charge in [-0.2, -0.15) is 0 Å². The molecule has 5 heteroatoms. The smallest absolute Gasteiger partial charge is 0.309 e. The van der Waals surface area contributed by atoms with Gasteiger partial charge in [0.2, 0.25) is 0 Å². The van der Waals surface area contributed by atoms with Crippen molar-refractivity contribution in [2.24, 2.45) is 0 Å². The maximum atomic E-state index is 14.4. The summed E-state index contributed by atoms with van der Waals surface area (Å²) in [5, 5.41) is 4.98. The molecule has 0 saturated heterocycles. The number of nitrogens with zero attached hydrogens (tertiary/aromatic N) is 4. The Morgan fingerprint density at radius 2 is 0.621 bits per heavy atom. The average Bonchev–Trinajstić information content (AvgIpc) is 3.88. The summed E-state index contributed by atoms with van der Waals surface area (Å²) in [5.41, 5.74) is 14.6. The largest absolute Gasteiger partial charge is 0.337 e. The molecule has 8 aromatic carbocycles. The number of hydrogen-bond acceptors (Lipinski definition) is 1. The van der Waals surface area contributed by atoms with Gasteiger partial charge in [-0.15, -0.1) is 0 Å². The molecule has 0 fully saturated rings. The van der Waals surface area contributed by atoms with E-state index in [1.807, 2.05) is 47.2 Å². The molecule has 0 aliphatic heterocycles. The van der Waals surface area contributed by atoms with Gasteiger partial charge in [0, 0.05) is 44.3 Å². The highest BCUT2D eigenvalue weighted by Crippen LogP contribution is 2.35. The molecule has 0 bridgehead atoms. The van der Waals surface area contributed by atoms with Crippen LogP contribution in [0.15, 0.2) is 199 Å². The van der Waals surface area contributed by atoms with Crippen LogP contribution in [0.2, 0.25) is 0 Å². The van der Waals surface area contributed by atoms with Crippen molar-refractivity contribution in [2.45, 2.75) is 13.8 Å². The molecule has 0 unspecified atom stereocenters. The van der Waals surface area contributed by atoms with Gasteiger partial charge in [-0.1, -0.05) is 121 Å². The first-order chi connectivity index (χ1) is 28.5. The van der Waals surface area contributed by atoms with Crippen molar-refractivity contribution in [2.75, 3.05) is 0 Å². The summed E-state index contributed by atoms with van der Waals surface area (Å²) in [6.07, 6.45) is 0. The molecule has 58 heavy (non-hydrogen) atoms. The van der Waals surface area contributed by atoms with E-state index in [1.165, 1.54) is 43.6 Å². The van der Waals surface area contributed by atoms with Crippen LogP contribution in [0.4, 0.5) is 0 Å². The van der Waals surface area contributed by atoms with Crippen molar-refractivity contribution in [3.05, 3.63) is 216 Å². The van der Waals surface area contributed by atoms with Crippen LogP contribution in [-0.2, 0) is 0 Å². The van der Waals surface area contributed by atoms with Gasteiger partial charge < -0.3 is 9.13 Å². The number of benzene rings is 8. The van der Waals surface area contributed by atoms with Gasteiger partial charge in [-0.3, -0.25) is 9.13 Å². The summed E-state index contributed by atoms with van der Waals surface area (Å²) in [4.78, 5) is 14.4. The fourth-order valence-corrected chi connectivity index (χ4v) is 8.98. The molecule has 0 spiro atoms. The van der Waals surface area contributed by atoms with Crippen molar-refractivity contribution in [1.82, 2.24) is 18.3 Å². The Morgan fingerprint density at radius 3 is 0.966 bits per heavy atom. The quantitative estimate of drug-likeness (QED) is 0.167. The number of aromatic nitrogens is 4. The Labute approximate surface area is 335 Å². The van der Waals surface area contributed by atoms with E-state index in [9.17, 15) is 4.79 Å². The first-order valence-electron chi connectivity index (χ1n) is 19.7. The Balaban J connectivity index is 0.916. The number of para-hydroxylation sites is 4. The highest BCUT2D eigenvalue weighted by molar-refractivity contribution is 6.10.